The van der Waals surface area contributed by atoms with Gasteiger partial charge in [0, 0.05) is 26.2 Å². The van der Waals surface area contributed by atoms with Crippen molar-refractivity contribution in [3.63, 3.8) is 0 Å². The van der Waals surface area contributed by atoms with E-state index in [1.807, 2.05) is 0 Å². The van der Waals surface area contributed by atoms with E-state index in [0.717, 1.165) is 50.2 Å². The number of aliphatic hydroxyl groups excluding tert-OH is 1. The van der Waals surface area contributed by atoms with Crippen molar-refractivity contribution in [3.8, 4) is 5.75 Å². The van der Waals surface area contributed by atoms with Crippen LogP contribution in [0.25, 0.3) is 0 Å². The lowest BCUT2D eigenvalue weighted by Crippen LogP contribution is -2.41. The fourth-order valence-corrected chi connectivity index (χ4v) is 3.77. The molecule has 0 radical (unpaired) electrons. The number of aliphatic hydroxyl groups is 1. The van der Waals surface area contributed by atoms with Gasteiger partial charge in [-0.15, -0.1) is 13.2 Å². The fraction of sp³-hybridized carbons (Fsp3) is 0.600. The van der Waals surface area contributed by atoms with E-state index in [1.165, 1.54) is 0 Å². The number of benzene rings is 1. The van der Waals surface area contributed by atoms with Gasteiger partial charge in [0.2, 0.25) is 10.0 Å². The third-order valence-electron chi connectivity index (χ3n) is 3.95. The monoisotopic (exact) mass is 382 g/mol. The van der Waals surface area contributed by atoms with E-state index in [-0.39, 0.29) is 24.0 Å². The van der Waals surface area contributed by atoms with E-state index < -0.39 is 22.1 Å². The van der Waals surface area contributed by atoms with Crippen LogP contribution in [0.2, 0.25) is 0 Å². The first kappa shape index (κ1) is 20.0. The summed E-state index contributed by atoms with van der Waals surface area (Å²) in [6.45, 7) is 2.38. The zero-order valence-corrected chi connectivity index (χ0v) is 14.3. The number of hydrogen-bond donors (Lipinski definition) is 2. The zero-order valence-electron chi connectivity index (χ0n) is 13.5. The lowest BCUT2D eigenvalue weighted by atomic mass is 9.99. The number of alkyl halides is 3. The molecule has 2 N–H and O–H groups in total. The highest BCUT2D eigenvalue weighted by Crippen LogP contribution is 2.23. The number of nitrogens with zero attached hydrogens (tertiary/aromatic N) is 1. The van der Waals surface area contributed by atoms with E-state index in [2.05, 4.69) is 14.4 Å². The Kier molecular flexibility index (Phi) is 6.66. The lowest BCUT2D eigenvalue weighted by Gasteiger charge is -2.31. The molecule has 1 aromatic rings. The molecule has 0 spiro atoms. The van der Waals surface area contributed by atoms with Gasteiger partial charge in [0.25, 0.3) is 0 Å². The van der Waals surface area contributed by atoms with Crippen LogP contribution in [0.4, 0.5) is 13.2 Å². The van der Waals surface area contributed by atoms with Gasteiger partial charge in [-0.1, -0.05) is 0 Å². The van der Waals surface area contributed by atoms with Gasteiger partial charge < -0.3 is 14.7 Å². The molecule has 1 aliphatic heterocycles. The number of likely N-dealkylation sites (tertiary alicyclic amines) is 1. The highest BCUT2D eigenvalue weighted by Gasteiger charge is 2.31. The minimum Gasteiger partial charge on any atom is -0.406 e. The summed E-state index contributed by atoms with van der Waals surface area (Å²) in [6, 6.07) is 4.04. The molecule has 1 atom stereocenters. The molecule has 1 heterocycles. The number of hydrogen-bond acceptors (Lipinski definition) is 5. The summed E-state index contributed by atoms with van der Waals surface area (Å²) < 4.78 is 66.8. The van der Waals surface area contributed by atoms with Crippen molar-refractivity contribution in [1.29, 1.82) is 0 Å². The highest BCUT2D eigenvalue weighted by molar-refractivity contribution is 7.89. The molecule has 0 aliphatic carbocycles. The second-order valence-electron chi connectivity index (χ2n) is 5.91. The Hall–Kier alpha value is -1.36. The maximum Gasteiger partial charge on any atom is 0.573 e. The Morgan fingerprint density at radius 3 is 2.56 bits per heavy atom. The number of nitrogens with one attached hydrogen (secondary N) is 1. The maximum atomic E-state index is 12.2. The molecule has 6 nitrogen and oxygen atoms in total. The summed E-state index contributed by atoms with van der Waals surface area (Å²) in [4.78, 5) is 1.95. The summed E-state index contributed by atoms with van der Waals surface area (Å²) in [5.74, 6) is -0.263. The topological polar surface area (TPSA) is 78.9 Å². The van der Waals surface area contributed by atoms with Gasteiger partial charge in [-0.3, -0.25) is 0 Å². The minimum absolute atomic E-state index is 0.120. The third kappa shape index (κ3) is 6.46. The first-order valence-electron chi connectivity index (χ1n) is 7.88. The molecule has 2 rings (SSSR count). The summed E-state index contributed by atoms with van der Waals surface area (Å²) in [5, 5.41) is 9.19. The molecule has 1 unspecified atom stereocenters. The average Bonchev–Trinajstić information content (AvgIpc) is 2.54. The predicted octanol–water partition coefficient (Wildman–Crippen LogP) is 1.57. The van der Waals surface area contributed by atoms with Crippen LogP contribution in [0.5, 0.6) is 5.75 Å². The van der Waals surface area contributed by atoms with Crippen LogP contribution >= 0.6 is 0 Å². The van der Waals surface area contributed by atoms with E-state index in [4.69, 9.17) is 0 Å². The minimum atomic E-state index is -4.82. The summed E-state index contributed by atoms with van der Waals surface area (Å²) in [7, 11) is -3.80. The van der Waals surface area contributed by atoms with E-state index >= 15 is 0 Å². The highest BCUT2D eigenvalue weighted by atomic mass is 32.2. The van der Waals surface area contributed by atoms with Gasteiger partial charge >= 0.3 is 6.36 Å². The first-order valence-corrected chi connectivity index (χ1v) is 9.36. The zero-order chi connectivity index (χ0) is 18.5. The van der Waals surface area contributed by atoms with Crippen LogP contribution in [0.1, 0.15) is 12.8 Å². The summed E-state index contributed by atoms with van der Waals surface area (Å²) in [6.07, 6.45) is -2.90. The largest absolute Gasteiger partial charge is 0.573 e. The van der Waals surface area contributed by atoms with Crippen molar-refractivity contribution >= 4 is 10.0 Å². The molecule has 142 valence electrons. The van der Waals surface area contributed by atoms with Crippen molar-refractivity contribution in [1.82, 2.24) is 9.62 Å². The molecule has 0 amide bonds. The molecule has 25 heavy (non-hydrogen) atoms. The van der Waals surface area contributed by atoms with Crippen molar-refractivity contribution in [2.24, 2.45) is 5.92 Å². The molecule has 10 heteroatoms. The SMILES string of the molecule is O=S(=O)(NCCN1CCCC(CO)C1)c1ccc(OC(F)(F)F)cc1. The molecule has 1 saturated heterocycles. The maximum absolute atomic E-state index is 12.2. The number of ether oxygens (including phenoxy) is 1. The Labute approximate surface area is 144 Å². The van der Waals surface area contributed by atoms with Crippen molar-refractivity contribution in [2.45, 2.75) is 24.1 Å². The van der Waals surface area contributed by atoms with Gasteiger partial charge in [0.1, 0.15) is 5.75 Å². The molecule has 0 bridgehead atoms. The van der Waals surface area contributed by atoms with Crippen LogP contribution in [-0.4, -0.2) is 57.6 Å². The Balaban J connectivity index is 1.86. The average molecular weight is 382 g/mol. The van der Waals surface area contributed by atoms with Gasteiger partial charge in [-0.25, -0.2) is 13.1 Å². The van der Waals surface area contributed by atoms with Crippen molar-refractivity contribution < 1.29 is 31.4 Å². The standard InChI is InChI=1S/C15H21F3N2O4S/c16-15(17,18)24-13-3-5-14(6-4-13)25(22,23)19-7-9-20-8-1-2-12(10-20)11-21/h3-6,12,19,21H,1-2,7-11H2. The predicted molar refractivity (Wildman–Crippen MR) is 84.6 cm³/mol. The van der Waals surface area contributed by atoms with Crippen LogP contribution in [0.15, 0.2) is 29.2 Å². The van der Waals surface area contributed by atoms with Crippen LogP contribution in [0, 0.1) is 5.92 Å². The molecule has 1 aromatic carbocycles. The van der Waals surface area contributed by atoms with Crippen LogP contribution in [0.3, 0.4) is 0 Å². The molecule has 0 aromatic heterocycles. The van der Waals surface area contributed by atoms with Gasteiger partial charge in [-0.2, -0.15) is 0 Å². The molecule has 0 saturated carbocycles. The number of rotatable bonds is 7. The number of piperidine rings is 1. The Morgan fingerprint density at radius 1 is 1.28 bits per heavy atom. The normalized spacial score (nSPS) is 19.8. The van der Waals surface area contributed by atoms with Crippen molar-refractivity contribution in [3.05, 3.63) is 24.3 Å². The van der Waals surface area contributed by atoms with E-state index in [1.54, 1.807) is 0 Å². The molecular weight excluding hydrogens is 361 g/mol. The van der Waals surface area contributed by atoms with Crippen LogP contribution in [-0.2, 0) is 10.0 Å². The molecular formula is C15H21F3N2O4S. The van der Waals surface area contributed by atoms with Gasteiger partial charge in [0.05, 0.1) is 4.90 Å². The van der Waals surface area contributed by atoms with Crippen LogP contribution < -0.4 is 9.46 Å². The Bertz CT molecular complexity index is 650. The second-order valence-corrected chi connectivity index (χ2v) is 7.68. The molecule has 1 fully saturated rings. The van der Waals surface area contributed by atoms with Gasteiger partial charge in [0.15, 0.2) is 0 Å². The molecule has 1 aliphatic rings. The second kappa shape index (κ2) is 8.35. The van der Waals surface area contributed by atoms with Crippen molar-refractivity contribution in [2.75, 3.05) is 32.8 Å². The summed E-state index contributed by atoms with van der Waals surface area (Å²) >= 11 is 0. The number of sulfonamides is 1. The van der Waals surface area contributed by atoms with E-state index in [9.17, 15) is 26.7 Å². The fourth-order valence-electron chi connectivity index (χ4n) is 2.75. The lowest BCUT2D eigenvalue weighted by molar-refractivity contribution is -0.274. The first-order chi connectivity index (χ1) is 11.7. The van der Waals surface area contributed by atoms with Gasteiger partial charge in [-0.05, 0) is 49.6 Å². The van der Waals surface area contributed by atoms with E-state index in [0.29, 0.717) is 6.54 Å². The smallest absolute Gasteiger partial charge is 0.406 e. The third-order valence-corrected chi connectivity index (χ3v) is 5.43. The summed E-state index contributed by atoms with van der Waals surface area (Å²) in [5.41, 5.74) is 0. The quantitative estimate of drug-likeness (QED) is 0.749. The number of halogens is 3. The Morgan fingerprint density at radius 2 is 1.96 bits per heavy atom.